The zero-order valence-corrected chi connectivity index (χ0v) is 22.2. The molecule has 0 spiro atoms. The Hall–Kier alpha value is -2.83. The molecule has 0 fully saturated rings. The maximum absolute atomic E-state index is 14.4. The SMILES string of the molecule is CCOC(=O)CC(CC(O)OCC)(C(=O)c1c(C)cc(C)cc1C)C(=O)c1c(C)cc(C)cc1C. The van der Waals surface area contributed by atoms with E-state index in [1.54, 1.807) is 13.8 Å². The molecule has 6 heteroatoms. The van der Waals surface area contributed by atoms with Gasteiger partial charge in [0.25, 0.3) is 0 Å². The van der Waals surface area contributed by atoms with E-state index in [0.29, 0.717) is 33.4 Å². The standard InChI is InChI=1S/C29H38O6/c1-9-34-23(30)15-29(16-24(31)35-10-2,27(32)25-19(5)11-17(3)12-20(25)6)28(33)26-21(7)13-18(4)14-22(26)8/h11-14,23,30H,9-10,15-16H2,1-8H3. The van der Waals surface area contributed by atoms with Crippen LogP contribution < -0.4 is 0 Å². The molecule has 35 heavy (non-hydrogen) atoms. The molecule has 0 amide bonds. The Morgan fingerprint density at radius 3 is 1.51 bits per heavy atom. The van der Waals surface area contributed by atoms with Crippen molar-refractivity contribution >= 4 is 17.5 Å². The molecule has 0 saturated carbocycles. The lowest BCUT2D eigenvalue weighted by Crippen LogP contribution is -2.46. The molecule has 2 aromatic carbocycles. The lowest BCUT2D eigenvalue weighted by molar-refractivity contribution is -0.147. The van der Waals surface area contributed by atoms with E-state index < -0.39 is 35.7 Å². The minimum Gasteiger partial charge on any atom is -0.466 e. The van der Waals surface area contributed by atoms with Gasteiger partial charge in [-0.1, -0.05) is 35.4 Å². The molecule has 1 atom stereocenters. The highest BCUT2D eigenvalue weighted by molar-refractivity contribution is 6.22. The molecule has 0 aliphatic rings. The summed E-state index contributed by atoms with van der Waals surface area (Å²) in [4.78, 5) is 41.7. The number of benzene rings is 2. The number of aliphatic hydroxyl groups excluding tert-OH is 1. The first-order chi connectivity index (χ1) is 16.4. The van der Waals surface area contributed by atoms with E-state index in [2.05, 4.69) is 0 Å². The number of ketones is 2. The first kappa shape index (κ1) is 28.4. The van der Waals surface area contributed by atoms with Gasteiger partial charge in [-0.3, -0.25) is 14.4 Å². The molecule has 6 nitrogen and oxygen atoms in total. The average Bonchev–Trinajstić information content (AvgIpc) is 2.71. The smallest absolute Gasteiger partial charge is 0.307 e. The van der Waals surface area contributed by atoms with Crippen molar-refractivity contribution in [2.75, 3.05) is 13.2 Å². The molecule has 1 unspecified atom stereocenters. The van der Waals surface area contributed by atoms with Gasteiger partial charge in [0.2, 0.25) is 0 Å². The Morgan fingerprint density at radius 2 is 1.17 bits per heavy atom. The highest BCUT2D eigenvalue weighted by Gasteiger charge is 2.51. The highest BCUT2D eigenvalue weighted by atomic mass is 16.6. The fourth-order valence-corrected chi connectivity index (χ4v) is 5.08. The number of hydrogen-bond donors (Lipinski definition) is 1. The summed E-state index contributed by atoms with van der Waals surface area (Å²) in [6, 6.07) is 7.50. The van der Waals surface area contributed by atoms with E-state index >= 15 is 0 Å². The molecule has 0 aromatic heterocycles. The van der Waals surface area contributed by atoms with Crippen molar-refractivity contribution in [1.82, 2.24) is 0 Å². The second kappa shape index (κ2) is 11.7. The summed E-state index contributed by atoms with van der Waals surface area (Å²) in [7, 11) is 0. The van der Waals surface area contributed by atoms with Crippen molar-refractivity contribution < 1.29 is 29.0 Å². The second-order valence-corrected chi connectivity index (χ2v) is 9.38. The number of esters is 1. The number of Topliss-reactive ketones (excluding diaryl/α,β-unsaturated/α-hetero) is 2. The number of aryl methyl sites for hydroxylation is 6. The van der Waals surface area contributed by atoms with Crippen LogP contribution in [0.4, 0.5) is 0 Å². The molecular weight excluding hydrogens is 444 g/mol. The van der Waals surface area contributed by atoms with Crippen LogP contribution >= 0.6 is 0 Å². The maximum atomic E-state index is 14.4. The van der Waals surface area contributed by atoms with Crippen LogP contribution in [-0.2, 0) is 14.3 Å². The van der Waals surface area contributed by atoms with Crippen LogP contribution in [0, 0.1) is 47.0 Å². The van der Waals surface area contributed by atoms with Gasteiger partial charge in [0.05, 0.1) is 13.0 Å². The monoisotopic (exact) mass is 482 g/mol. The largest absolute Gasteiger partial charge is 0.466 e. The van der Waals surface area contributed by atoms with Gasteiger partial charge in [0.1, 0.15) is 5.41 Å². The van der Waals surface area contributed by atoms with Crippen LogP contribution in [0.5, 0.6) is 0 Å². The number of ether oxygens (including phenoxy) is 2. The minimum atomic E-state index is -1.91. The summed E-state index contributed by atoms with van der Waals surface area (Å²) < 4.78 is 10.6. The Balaban J connectivity index is 2.88. The fourth-order valence-electron chi connectivity index (χ4n) is 5.08. The van der Waals surface area contributed by atoms with Crippen molar-refractivity contribution in [3.63, 3.8) is 0 Å². The van der Waals surface area contributed by atoms with Crippen molar-refractivity contribution in [2.24, 2.45) is 5.41 Å². The van der Waals surface area contributed by atoms with Gasteiger partial charge >= 0.3 is 5.97 Å². The first-order valence-electron chi connectivity index (χ1n) is 12.1. The Morgan fingerprint density at radius 1 is 0.771 bits per heavy atom. The number of hydrogen-bond acceptors (Lipinski definition) is 6. The normalized spacial score (nSPS) is 12.4. The van der Waals surface area contributed by atoms with Crippen molar-refractivity contribution in [3.05, 3.63) is 68.8 Å². The zero-order chi connectivity index (χ0) is 26.5. The Labute approximate surface area is 208 Å². The van der Waals surface area contributed by atoms with E-state index in [9.17, 15) is 19.5 Å². The molecule has 1 N–H and O–H groups in total. The second-order valence-electron chi connectivity index (χ2n) is 9.38. The zero-order valence-electron chi connectivity index (χ0n) is 22.2. The van der Waals surface area contributed by atoms with E-state index in [-0.39, 0.29) is 19.6 Å². The molecule has 2 rings (SSSR count). The third-order valence-electron chi connectivity index (χ3n) is 6.31. The molecule has 0 heterocycles. The van der Waals surface area contributed by atoms with Crippen LogP contribution in [0.2, 0.25) is 0 Å². The Bertz CT molecular complexity index is 999. The molecule has 0 aliphatic carbocycles. The van der Waals surface area contributed by atoms with Crippen molar-refractivity contribution in [1.29, 1.82) is 0 Å². The van der Waals surface area contributed by atoms with Crippen LogP contribution in [0.15, 0.2) is 24.3 Å². The van der Waals surface area contributed by atoms with Gasteiger partial charge in [-0.15, -0.1) is 0 Å². The predicted molar refractivity (Wildman–Crippen MR) is 136 cm³/mol. The van der Waals surface area contributed by atoms with E-state index in [1.165, 1.54) is 0 Å². The summed E-state index contributed by atoms with van der Waals surface area (Å²) in [5.74, 6) is -1.70. The summed E-state index contributed by atoms with van der Waals surface area (Å²) in [5.41, 5.74) is 3.63. The molecule has 0 bridgehead atoms. The van der Waals surface area contributed by atoms with Crippen molar-refractivity contribution in [3.8, 4) is 0 Å². The van der Waals surface area contributed by atoms with Gasteiger partial charge in [0, 0.05) is 24.2 Å². The lowest BCUT2D eigenvalue weighted by atomic mass is 9.67. The van der Waals surface area contributed by atoms with Gasteiger partial charge in [0.15, 0.2) is 17.9 Å². The van der Waals surface area contributed by atoms with E-state index in [0.717, 1.165) is 11.1 Å². The van der Waals surface area contributed by atoms with Gasteiger partial charge < -0.3 is 14.6 Å². The van der Waals surface area contributed by atoms with E-state index in [4.69, 9.17) is 9.47 Å². The molecular formula is C29H38O6. The Kier molecular flexibility index (Phi) is 9.52. The topological polar surface area (TPSA) is 89.9 Å². The first-order valence-corrected chi connectivity index (χ1v) is 12.1. The predicted octanol–water partition coefficient (Wildman–Crippen LogP) is 5.29. The third-order valence-corrected chi connectivity index (χ3v) is 6.31. The lowest BCUT2D eigenvalue weighted by Gasteiger charge is -2.34. The summed E-state index contributed by atoms with van der Waals surface area (Å²) in [6.07, 6.45) is -2.28. The molecule has 190 valence electrons. The number of aliphatic hydroxyl groups is 1. The maximum Gasteiger partial charge on any atom is 0.307 e. The molecule has 0 aliphatic heterocycles. The average molecular weight is 483 g/mol. The number of carbonyl (C=O) groups excluding carboxylic acids is 3. The van der Waals surface area contributed by atoms with Gasteiger partial charge in [-0.2, -0.15) is 0 Å². The van der Waals surface area contributed by atoms with E-state index in [1.807, 2.05) is 65.8 Å². The highest BCUT2D eigenvalue weighted by Crippen LogP contribution is 2.40. The summed E-state index contributed by atoms with van der Waals surface area (Å²) in [5, 5.41) is 10.7. The molecule has 0 radical (unpaired) electrons. The summed E-state index contributed by atoms with van der Waals surface area (Å²) >= 11 is 0. The molecule has 0 saturated heterocycles. The quantitative estimate of drug-likeness (QED) is 0.203. The van der Waals surface area contributed by atoms with Crippen LogP contribution in [0.25, 0.3) is 0 Å². The van der Waals surface area contributed by atoms with Crippen LogP contribution in [-0.4, -0.2) is 42.1 Å². The van der Waals surface area contributed by atoms with Gasteiger partial charge in [-0.25, -0.2) is 0 Å². The van der Waals surface area contributed by atoms with Crippen LogP contribution in [0.1, 0.15) is 80.8 Å². The minimum absolute atomic E-state index is 0.108. The number of carbonyl (C=O) groups is 3. The third kappa shape index (κ3) is 6.24. The van der Waals surface area contributed by atoms with Crippen LogP contribution in [0.3, 0.4) is 0 Å². The fraction of sp³-hybridized carbons (Fsp3) is 0.483. The van der Waals surface area contributed by atoms with Gasteiger partial charge in [-0.05, 0) is 77.6 Å². The number of rotatable bonds is 11. The van der Waals surface area contributed by atoms with Crippen molar-refractivity contribution in [2.45, 2.75) is 74.5 Å². The summed E-state index contributed by atoms with van der Waals surface area (Å²) in [6.45, 7) is 14.8. The molecule has 2 aromatic rings.